The Kier molecular flexibility index (Phi) is 7.95. The maximum absolute atomic E-state index is 15.3. The van der Waals surface area contributed by atoms with Gasteiger partial charge in [0, 0.05) is 64.0 Å². The van der Waals surface area contributed by atoms with Crippen LogP contribution in [-0.2, 0) is 11.3 Å². The highest BCUT2D eigenvalue weighted by atomic mass is 35.5. The van der Waals surface area contributed by atoms with Crippen molar-refractivity contribution in [1.82, 2.24) is 29.7 Å². The van der Waals surface area contributed by atoms with E-state index >= 15 is 4.39 Å². The molecule has 3 aromatic rings. The first-order chi connectivity index (χ1) is 23.0. The van der Waals surface area contributed by atoms with E-state index in [4.69, 9.17) is 26.1 Å². The molecule has 12 heteroatoms. The van der Waals surface area contributed by atoms with Crippen molar-refractivity contribution in [2.24, 2.45) is 10.8 Å². The molecule has 48 heavy (non-hydrogen) atoms. The van der Waals surface area contributed by atoms with E-state index in [-0.39, 0.29) is 40.3 Å². The number of hydrogen-bond acceptors (Lipinski definition) is 9. The maximum Gasteiger partial charge on any atom is 0.410 e. The van der Waals surface area contributed by atoms with Crippen LogP contribution in [0.2, 0.25) is 5.15 Å². The Labute approximate surface area is 286 Å². The number of ether oxygens (including phenoxy) is 2. The molecule has 256 valence electrons. The zero-order valence-corrected chi connectivity index (χ0v) is 28.9. The number of piperazine rings is 2. The monoisotopic (exact) mass is 677 g/mol. The SMILES string of the molecule is CC(C)(C)OC(=O)N1C2CCC1CN(c1nc(OCC34CC(CN5CCN(Cc6ccccc6)CC5)(C3)C4)nc3c(F)c(Cl)ncc13)C2. The van der Waals surface area contributed by atoms with Gasteiger partial charge in [0.05, 0.1) is 24.1 Å². The lowest BCUT2D eigenvalue weighted by atomic mass is 9.35. The van der Waals surface area contributed by atoms with E-state index in [2.05, 4.69) is 55.0 Å². The van der Waals surface area contributed by atoms with Gasteiger partial charge in [-0.1, -0.05) is 41.9 Å². The number of amides is 1. The molecule has 2 aromatic heterocycles. The summed E-state index contributed by atoms with van der Waals surface area (Å²) in [4.78, 5) is 35.7. The van der Waals surface area contributed by atoms with Gasteiger partial charge in [0.1, 0.15) is 16.9 Å². The molecule has 0 radical (unpaired) electrons. The molecule has 3 saturated carbocycles. The van der Waals surface area contributed by atoms with E-state index < -0.39 is 11.4 Å². The highest BCUT2D eigenvalue weighted by molar-refractivity contribution is 6.30. The second kappa shape index (κ2) is 11.9. The molecule has 0 spiro atoms. The van der Waals surface area contributed by atoms with Crippen LogP contribution < -0.4 is 9.64 Å². The lowest BCUT2D eigenvalue weighted by Gasteiger charge is -2.71. The second-order valence-electron chi connectivity index (χ2n) is 16.0. The first kappa shape index (κ1) is 32.0. The normalized spacial score (nSPS) is 28.7. The molecule has 2 atom stereocenters. The molecule has 2 unspecified atom stereocenters. The number of hydrogen-bond donors (Lipinski definition) is 0. The molecule has 6 fully saturated rings. The summed E-state index contributed by atoms with van der Waals surface area (Å²) < 4.78 is 27.4. The predicted molar refractivity (Wildman–Crippen MR) is 182 cm³/mol. The summed E-state index contributed by atoms with van der Waals surface area (Å²) >= 11 is 6.10. The fourth-order valence-corrected chi connectivity index (χ4v) is 9.32. The van der Waals surface area contributed by atoms with Gasteiger partial charge in [-0.3, -0.25) is 9.80 Å². The van der Waals surface area contributed by atoms with Crippen LogP contribution in [0.5, 0.6) is 6.01 Å². The molecule has 3 saturated heterocycles. The molecule has 3 aliphatic heterocycles. The highest BCUT2D eigenvalue weighted by Gasteiger charge is 2.68. The number of carbonyl (C=O) groups is 1. The Morgan fingerprint density at radius 1 is 0.979 bits per heavy atom. The van der Waals surface area contributed by atoms with Crippen LogP contribution in [0.4, 0.5) is 15.0 Å². The van der Waals surface area contributed by atoms with Gasteiger partial charge in [-0.05, 0) is 63.9 Å². The van der Waals surface area contributed by atoms with Gasteiger partial charge in [0.25, 0.3) is 0 Å². The van der Waals surface area contributed by atoms with E-state index in [1.807, 2.05) is 25.7 Å². The maximum atomic E-state index is 15.3. The summed E-state index contributed by atoms with van der Waals surface area (Å²) in [6.45, 7) is 13.9. The van der Waals surface area contributed by atoms with Gasteiger partial charge in [0.15, 0.2) is 11.0 Å². The van der Waals surface area contributed by atoms with Crippen molar-refractivity contribution in [3.63, 3.8) is 0 Å². The van der Waals surface area contributed by atoms with Crippen LogP contribution in [-0.4, -0.2) is 106 Å². The van der Waals surface area contributed by atoms with Crippen LogP contribution in [0.3, 0.4) is 0 Å². The van der Waals surface area contributed by atoms with Crippen LogP contribution in [0.15, 0.2) is 36.5 Å². The molecular weight excluding hydrogens is 633 g/mol. The first-order valence-electron chi connectivity index (χ1n) is 17.4. The number of nitrogens with zero attached hydrogens (tertiary/aromatic N) is 7. The van der Waals surface area contributed by atoms with Crippen LogP contribution in [0.25, 0.3) is 10.9 Å². The number of pyridine rings is 1. The summed E-state index contributed by atoms with van der Waals surface area (Å²) in [6, 6.07) is 10.8. The molecule has 1 amide bonds. The van der Waals surface area contributed by atoms with Gasteiger partial charge in [-0.25, -0.2) is 14.2 Å². The van der Waals surface area contributed by atoms with Crippen LogP contribution in [0.1, 0.15) is 58.4 Å². The molecular formula is C36H45ClFN7O3. The van der Waals surface area contributed by atoms with Crippen molar-refractivity contribution >= 4 is 34.4 Å². The Morgan fingerprint density at radius 3 is 2.31 bits per heavy atom. The molecule has 9 rings (SSSR count). The van der Waals surface area contributed by atoms with Gasteiger partial charge < -0.3 is 19.3 Å². The standard InChI is InChI=1S/C36H45ClFN7O3/c1-34(2,3)48-33(46)45-25-9-10-26(45)18-44(17-25)31-27-15-39-30(37)28(38)29(27)40-32(41-31)47-23-36-19-35(20-36,21-36)22-43-13-11-42(12-14-43)16-24-7-5-4-6-8-24/h4-8,15,25-26H,9-14,16-23H2,1-3H3. The minimum atomic E-state index is -0.675. The van der Waals surface area contributed by atoms with Crippen LogP contribution >= 0.6 is 11.6 Å². The summed E-state index contributed by atoms with van der Waals surface area (Å²) in [6.07, 6.45) is 6.43. The minimum Gasteiger partial charge on any atom is -0.463 e. The third-order valence-corrected chi connectivity index (χ3v) is 11.3. The fraction of sp³-hybridized carbons (Fsp3) is 0.611. The number of carbonyl (C=O) groups excluding carboxylic acids is 1. The quantitative estimate of drug-likeness (QED) is 0.276. The molecule has 0 N–H and O–H groups in total. The lowest BCUT2D eigenvalue weighted by Crippen LogP contribution is -2.68. The van der Waals surface area contributed by atoms with Crippen molar-refractivity contribution < 1.29 is 18.7 Å². The number of benzene rings is 1. The Bertz CT molecular complexity index is 1660. The third kappa shape index (κ3) is 6.07. The topological polar surface area (TPSA) is 87.2 Å². The summed E-state index contributed by atoms with van der Waals surface area (Å²) in [7, 11) is 0. The molecule has 5 heterocycles. The number of anilines is 1. The van der Waals surface area contributed by atoms with Crippen molar-refractivity contribution in [1.29, 1.82) is 0 Å². The Balaban J connectivity index is 0.903. The molecule has 1 aromatic carbocycles. The molecule has 10 nitrogen and oxygen atoms in total. The second-order valence-corrected chi connectivity index (χ2v) is 16.3. The predicted octanol–water partition coefficient (Wildman–Crippen LogP) is 5.77. The van der Waals surface area contributed by atoms with Crippen molar-refractivity contribution in [3.8, 4) is 6.01 Å². The number of halogens is 2. The molecule has 3 aliphatic carbocycles. The number of fused-ring (bicyclic) bond motifs is 3. The Morgan fingerprint density at radius 2 is 1.65 bits per heavy atom. The largest absolute Gasteiger partial charge is 0.463 e. The van der Waals surface area contributed by atoms with E-state index in [1.165, 1.54) is 11.8 Å². The Hall–Kier alpha value is -3.28. The van der Waals surface area contributed by atoms with Gasteiger partial charge in [0.2, 0.25) is 0 Å². The van der Waals surface area contributed by atoms with E-state index in [1.54, 1.807) is 0 Å². The minimum absolute atomic E-state index is 0.0260. The summed E-state index contributed by atoms with van der Waals surface area (Å²) in [5, 5.41) is 0.262. The highest BCUT2D eigenvalue weighted by Crippen LogP contribution is 2.73. The zero-order valence-electron chi connectivity index (χ0n) is 28.1. The van der Waals surface area contributed by atoms with Crippen molar-refractivity contribution in [2.45, 2.75) is 77.1 Å². The number of aromatic nitrogens is 3. The van der Waals surface area contributed by atoms with Gasteiger partial charge >= 0.3 is 12.1 Å². The van der Waals surface area contributed by atoms with Gasteiger partial charge in [-0.2, -0.15) is 9.97 Å². The fourth-order valence-electron chi connectivity index (χ4n) is 9.18. The van der Waals surface area contributed by atoms with Gasteiger partial charge in [-0.15, -0.1) is 0 Å². The van der Waals surface area contributed by atoms with Crippen LogP contribution in [0, 0.1) is 16.6 Å². The van der Waals surface area contributed by atoms with Crippen molar-refractivity contribution in [3.05, 3.63) is 53.1 Å². The van der Waals surface area contributed by atoms with E-state index in [9.17, 15) is 4.79 Å². The van der Waals surface area contributed by atoms with E-state index in [0.717, 1.165) is 71.4 Å². The third-order valence-electron chi connectivity index (χ3n) is 11.0. The van der Waals surface area contributed by atoms with Crippen molar-refractivity contribution in [2.75, 3.05) is 57.3 Å². The van der Waals surface area contributed by atoms with E-state index in [0.29, 0.717) is 36.3 Å². The smallest absolute Gasteiger partial charge is 0.410 e. The summed E-state index contributed by atoms with van der Waals surface area (Å²) in [5.74, 6) is -0.106. The first-order valence-corrected chi connectivity index (χ1v) is 17.7. The summed E-state index contributed by atoms with van der Waals surface area (Å²) in [5.41, 5.74) is 1.45. The zero-order chi connectivity index (χ0) is 33.3. The average Bonchev–Trinajstić information content (AvgIpc) is 3.29. The number of rotatable bonds is 8. The molecule has 4 bridgehead atoms. The lowest BCUT2D eigenvalue weighted by molar-refractivity contribution is -0.229. The molecule has 6 aliphatic rings. The average molecular weight is 678 g/mol.